The third kappa shape index (κ3) is 7.23. The van der Waals surface area contributed by atoms with E-state index >= 15 is 0 Å². The largest absolute Gasteiger partial charge is 0.493 e. The SMILES string of the molecule is CCCCN(CCCC)Cn1c(O)c(N=NC(=O)CO/N=C(/C)c2ccccc2)c2ccccc21. The average Bonchev–Trinajstić information content (AvgIpc) is 3.15. The first-order valence-electron chi connectivity index (χ1n) is 12.2. The lowest BCUT2D eigenvalue weighted by Crippen LogP contribution is -2.28. The smallest absolute Gasteiger partial charge is 0.304 e. The Kier molecular flexibility index (Phi) is 9.98. The minimum atomic E-state index is -0.585. The van der Waals surface area contributed by atoms with Crippen molar-refractivity contribution in [3.63, 3.8) is 0 Å². The van der Waals surface area contributed by atoms with Gasteiger partial charge in [-0.05, 0) is 44.5 Å². The van der Waals surface area contributed by atoms with E-state index in [2.05, 4.69) is 34.1 Å². The number of unbranched alkanes of at least 4 members (excludes halogenated alkanes) is 2. The van der Waals surface area contributed by atoms with Gasteiger partial charge < -0.3 is 9.94 Å². The average molecular weight is 478 g/mol. The number of para-hydroxylation sites is 1. The number of carbonyl (C=O) groups is 1. The summed E-state index contributed by atoms with van der Waals surface area (Å²) in [4.78, 5) is 19.8. The maximum absolute atomic E-state index is 12.3. The second-order valence-corrected chi connectivity index (χ2v) is 8.49. The Bertz CT molecular complexity index is 1150. The van der Waals surface area contributed by atoms with Crippen molar-refractivity contribution in [3.05, 3.63) is 60.2 Å². The van der Waals surface area contributed by atoms with Crippen LogP contribution < -0.4 is 0 Å². The van der Waals surface area contributed by atoms with Crippen molar-refractivity contribution >= 4 is 28.2 Å². The summed E-state index contributed by atoms with van der Waals surface area (Å²) >= 11 is 0. The van der Waals surface area contributed by atoms with Gasteiger partial charge in [0, 0.05) is 5.39 Å². The number of carbonyl (C=O) groups excluding carboxylic acids is 1. The minimum Gasteiger partial charge on any atom is -0.493 e. The minimum absolute atomic E-state index is 0.000363. The van der Waals surface area contributed by atoms with Crippen molar-refractivity contribution in [2.75, 3.05) is 19.7 Å². The molecule has 1 amide bonds. The third-order valence-electron chi connectivity index (χ3n) is 5.76. The summed E-state index contributed by atoms with van der Waals surface area (Å²) < 4.78 is 1.84. The van der Waals surface area contributed by atoms with Crippen LogP contribution >= 0.6 is 0 Å². The molecule has 0 fully saturated rings. The zero-order valence-corrected chi connectivity index (χ0v) is 20.9. The van der Waals surface area contributed by atoms with Gasteiger partial charge in [0.1, 0.15) is 0 Å². The standard InChI is InChI=1S/C27H35N5O3/c1-4-6-17-31(18-7-5-2)20-32-24-16-12-11-15-23(24)26(27(32)34)29-28-25(33)19-35-30-21(3)22-13-9-8-10-14-22/h8-16,34H,4-7,17-20H2,1-3H3/b29-28?,30-21-. The predicted octanol–water partition coefficient (Wildman–Crippen LogP) is 6.26. The van der Waals surface area contributed by atoms with Crippen LogP contribution in [0.25, 0.3) is 10.9 Å². The van der Waals surface area contributed by atoms with E-state index in [4.69, 9.17) is 4.84 Å². The van der Waals surface area contributed by atoms with Crippen LogP contribution in [0.5, 0.6) is 5.88 Å². The number of aromatic hydroxyl groups is 1. The fourth-order valence-corrected chi connectivity index (χ4v) is 3.78. The molecule has 35 heavy (non-hydrogen) atoms. The highest BCUT2D eigenvalue weighted by atomic mass is 16.6. The van der Waals surface area contributed by atoms with Crippen LogP contribution in [0.15, 0.2) is 70.0 Å². The van der Waals surface area contributed by atoms with E-state index in [0.29, 0.717) is 12.4 Å². The maximum Gasteiger partial charge on any atom is 0.304 e. The van der Waals surface area contributed by atoms with Crippen molar-refractivity contribution in [2.45, 2.75) is 53.1 Å². The van der Waals surface area contributed by atoms with Gasteiger partial charge in [0.25, 0.3) is 0 Å². The molecule has 0 unspecified atom stereocenters. The fraction of sp³-hybridized carbons (Fsp3) is 0.407. The summed E-state index contributed by atoms with van der Waals surface area (Å²) in [5, 5.41) is 23.6. The second-order valence-electron chi connectivity index (χ2n) is 8.49. The lowest BCUT2D eigenvalue weighted by atomic mass is 10.1. The number of hydrogen-bond acceptors (Lipinski definition) is 6. The molecule has 3 rings (SSSR count). The van der Waals surface area contributed by atoms with Crippen molar-refractivity contribution in [1.82, 2.24) is 9.47 Å². The molecule has 8 heteroatoms. The number of fused-ring (bicyclic) bond motifs is 1. The number of aromatic nitrogens is 1. The van der Waals surface area contributed by atoms with Crippen molar-refractivity contribution < 1.29 is 14.7 Å². The lowest BCUT2D eigenvalue weighted by Gasteiger charge is -2.23. The zero-order chi connectivity index (χ0) is 25.0. The van der Waals surface area contributed by atoms with Crippen LogP contribution in [-0.2, 0) is 16.3 Å². The van der Waals surface area contributed by atoms with Crippen LogP contribution in [0.4, 0.5) is 5.69 Å². The van der Waals surface area contributed by atoms with Gasteiger partial charge in [-0.3, -0.25) is 14.3 Å². The normalized spacial score (nSPS) is 12.2. The summed E-state index contributed by atoms with van der Waals surface area (Å²) in [6, 6.07) is 17.2. The van der Waals surface area contributed by atoms with Gasteiger partial charge in [0.15, 0.2) is 12.3 Å². The monoisotopic (exact) mass is 477 g/mol. The molecular formula is C27H35N5O3. The highest BCUT2D eigenvalue weighted by molar-refractivity contribution is 5.98. The molecule has 0 saturated heterocycles. The number of benzene rings is 2. The Balaban J connectivity index is 1.74. The predicted molar refractivity (Wildman–Crippen MR) is 139 cm³/mol. The Hall–Kier alpha value is -3.52. The number of nitrogens with zero attached hydrogens (tertiary/aromatic N) is 5. The molecule has 0 atom stereocenters. The number of rotatable bonds is 13. The molecule has 2 aromatic carbocycles. The number of oxime groups is 1. The molecule has 0 aliphatic rings. The Labute approximate surface area is 206 Å². The molecule has 0 aliphatic heterocycles. The molecule has 1 aromatic heterocycles. The topological polar surface area (TPSA) is 91.8 Å². The first kappa shape index (κ1) is 26.1. The number of hydrogen-bond donors (Lipinski definition) is 1. The first-order valence-corrected chi connectivity index (χ1v) is 12.2. The van der Waals surface area contributed by atoms with Crippen LogP contribution in [0.3, 0.4) is 0 Å². The number of azo groups is 1. The molecule has 0 bridgehead atoms. The number of amides is 1. The van der Waals surface area contributed by atoms with Gasteiger partial charge in [-0.2, -0.15) is 0 Å². The van der Waals surface area contributed by atoms with E-state index < -0.39 is 5.91 Å². The zero-order valence-electron chi connectivity index (χ0n) is 20.9. The summed E-state index contributed by atoms with van der Waals surface area (Å²) in [6.07, 6.45) is 4.41. The van der Waals surface area contributed by atoms with Gasteiger partial charge in [0.2, 0.25) is 5.88 Å². The van der Waals surface area contributed by atoms with E-state index in [9.17, 15) is 9.90 Å². The molecule has 0 saturated carbocycles. The summed E-state index contributed by atoms with van der Waals surface area (Å²) in [6.45, 7) is 8.28. The molecule has 1 heterocycles. The van der Waals surface area contributed by atoms with E-state index in [1.165, 1.54) is 0 Å². The maximum atomic E-state index is 12.3. The highest BCUT2D eigenvalue weighted by Gasteiger charge is 2.18. The summed E-state index contributed by atoms with van der Waals surface area (Å²) in [5.74, 6) is -0.585. The quantitative estimate of drug-likeness (QED) is 0.179. The Morgan fingerprint density at radius 2 is 1.66 bits per heavy atom. The molecule has 1 N–H and O–H groups in total. The molecule has 8 nitrogen and oxygen atoms in total. The molecular weight excluding hydrogens is 442 g/mol. The van der Waals surface area contributed by atoms with Crippen LogP contribution in [0.1, 0.15) is 52.0 Å². The highest BCUT2D eigenvalue weighted by Crippen LogP contribution is 2.39. The first-order chi connectivity index (χ1) is 17.0. The van der Waals surface area contributed by atoms with Crippen molar-refractivity contribution in [1.29, 1.82) is 0 Å². The Morgan fingerprint density at radius 3 is 2.34 bits per heavy atom. The van der Waals surface area contributed by atoms with Gasteiger partial charge in [-0.15, -0.1) is 10.2 Å². The lowest BCUT2D eigenvalue weighted by molar-refractivity contribution is -0.122. The van der Waals surface area contributed by atoms with Gasteiger partial charge in [-0.1, -0.05) is 80.4 Å². The van der Waals surface area contributed by atoms with E-state index in [-0.39, 0.29) is 18.2 Å². The van der Waals surface area contributed by atoms with Crippen LogP contribution in [0, 0.1) is 0 Å². The molecule has 0 radical (unpaired) electrons. The van der Waals surface area contributed by atoms with Crippen molar-refractivity contribution in [2.24, 2.45) is 15.4 Å². The molecule has 186 valence electrons. The molecule has 3 aromatic rings. The molecule has 0 aliphatic carbocycles. The third-order valence-corrected chi connectivity index (χ3v) is 5.76. The van der Waals surface area contributed by atoms with Gasteiger partial charge >= 0.3 is 5.91 Å². The fourth-order valence-electron chi connectivity index (χ4n) is 3.78. The van der Waals surface area contributed by atoms with Crippen LogP contribution in [-0.4, -0.2) is 45.9 Å². The van der Waals surface area contributed by atoms with Gasteiger partial charge in [-0.25, -0.2) is 0 Å². The van der Waals surface area contributed by atoms with E-state index in [1.54, 1.807) is 6.92 Å². The van der Waals surface area contributed by atoms with Gasteiger partial charge in [0.05, 0.1) is 17.9 Å². The van der Waals surface area contributed by atoms with E-state index in [0.717, 1.165) is 55.2 Å². The second kappa shape index (κ2) is 13.4. The van der Waals surface area contributed by atoms with Crippen molar-refractivity contribution in [3.8, 4) is 5.88 Å². The van der Waals surface area contributed by atoms with Crippen LogP contribution in [0.2, 0.25) is 0 Å². The van der Waals surface area contributed by atoms with E-state index in [1.807, 2.05) is 59.2 Å². The molecule has 0 spiro atoms. The Morgan fingerprint density at radius 1 is 1.00 bits per heavy atom. The summed E-state index contributed by atoms with van der Waals surface area (Å²) in [7, 11) is 0. The summed E-state index contributed by atoms with van der Waals surface area (Å²) in [5.41, 5.74) is 2.70.